The fraction of sp³-hybridized carbons (Fsp3) is 1.00. The molecule has 0 aliphatic heterocycles. The number of unbranched alkanes of at least 4 members (excludes halogenated alkanes) is 10. The minimum absolute atomic E-state index is 0. The van der Waals surface area contributed by atoms with Crippen molar-refractivity contribution < 1.29 is 113 Å². The van der Waals surface area contributed by atoms with Crippen LogP contribution in [0.1, 0.15) is 104 Å². The molecule has 0 aromatic heterocycles. The van der Waals surface area contributed by atoms with Gasteiger partial charge in [-0.15, -0.1) is 0 Å². The fourth-order valence-electron chi connectivity index (χ4n) is 4.21. The van der Waals surface area contributed by atoms with E-state index in [0.29, 0.717) is 26.4 Å². The van der Waals surface area contributed by atoms with Crippen LogP contribution in [0.25, 0.3) is 0 Å². The van der Waals surface area contributed by atoms with E-state index in [9.17, 15) is 25.9 Å². The molecule has 2 atom stereocenters. The summed E-state index contributed by atoms with van der Waals surface area (Å²) in [6.07, 6.45) is 13.2. The van der Waals surface area contributed by atoms with Crippen LogP contribution in [-0.4, -0.2) is 116 Å². The van der Waals surface area contributed by atoms with Crippen molar-refractivity contribution in [1.29, 1.82) is 0 Å². The van der Waals surface area contributed by atoms with E-state index in [-0.39, 0.29) is 112 Å². The SMILES string of the molecule is CCCCCCCCOCC(COCCOCC(COCCCCCCCC)OCCCS(=O)(=O)[O-])OCCCS(=O)(=O)[O-].[Na+].[Na+]. The molecule has 0 aliphatic rings. The van der Waals surface area contributed by atoms with E-state index in [1.807, 2.05) is 0 Å². The summed E-state index contributed by atoms with van der Waals surface area (Å²) in [4.78, 5) is 0. The van der Waals surface area contributed by atoms with Crippen LogP contribution in [0.2, 0.25) is 0 Å². The summed E-state index contributed by atoms with van der Waals surface area (Å²) >= 11 is 0. The van der Waals surface area contributed by atoms with Crippen molar-refractivity contribution >= 4 is 20.2 Å². The Balaban J connectivity index is -0.00000924. The number of rotatable bonds is 35. The van der Waals surface area contributed by atoms with E-state index < -0.39 is 43.9 Å². The molecule has 0 bridgehead atoms. The zero-order valence-corrected chi connectivity index (χ0v) is 34.9. The third-order valence-corrected chi connectivity index (χ3v) is 8.23. The second kappa shape index (κ2) is 36.4. The average molecular weight is 723 g/mol. The van der Waals surface area contributed by atoms with Gasteiger partial charge in [-0.1, -0.05) is 78.1 Å². The van der Waals surface area contributed by atoms with Gasteiger partial charge < -0.3 is 37.5 Å². The summed E-state index contributed by atoms with van der Waals surface area (Å²) < 4.78 is 99.5. The van der Waals surface area contributed by atoms with Gasteiger partial charge in [-0.2, -0.15) is 0 Å². The Bertz CT molecular complexity index is 768. The maximum absolute atomic E-state index is 10.9. The summed E-state index contributed by atoms with van der Waals surface area (Å²) in [5.74, 6) is -0.961. The first-order valence-electron chi connectivity index (χ1n) is 16.5. The molecule has 0 rings (SSSR count). The van der Waals surface area contributed by atoms with Crippen molar-refractivity contribution in [3.63, 3.8) is 0 Å². The summed E-state index contributed by atoms with van der Waals surface area (Å²) in [5, 5.41) is 0. The van der Waals surface area contributed by atoms with Crippen molar-refractivity contribution in [2.75, 3.05) is 77.6 Å². The molecule has 0 amide bonds. The van der Waals surface area contributed by atoms with Crippen LogP contribution in [0.3, 0.4) is 0 Å². The Morgan fingerprint density at radius 2 is 0.739 bits per heavy atom. The van der Waals surface area contributed by atoms with Gasteiger partial charge in [0.1, 0.15) is 12.2 Å². The summed E-state index contributed by atoms with van der Waals surface area (Å²) in [6, 6.07) is 0. The summed E-state index contributed by atoms with van der Waals surface area (Å²) in [5.41, 5.74) is 0. The standard InChI is InChI=1S/C30H62O12S2.2Na/c1-3-5-7-9-11-13-17-37-25-29(41-19-15-23-43(31,32)33)27-39-21-22-40-28-30(42-20-16-24-44(34,35)36)26-38-18-14-12-10-8-6-4-2;;/h29-30H,3-28H2,1-2H3,(H,31,32,33)(H,34,35,36);;/q;2*+1/p-2. The van der Waals surface area contributed by atoms with Gasteiger partial charge in [-0.05, 0) is 25.7 Å². The molecule has 0 heterocycles. The summed E-state index contributed by atoms with van der Waals surface area (Å²) in [6.45, 7) is 7.36. The second-order valence-corrected chi connectivity index (χ2v) is 14.1. The minimum atomic E-state index is -4.29. The Morgan fingerprint density at radius 3 is 1.07 bits per heavy atom. The monoisotopic (exact) mass is 722 g/mol. The number of hydrogen-bond acceptors (Lipinski definition) is 12. The molecule has 0 saturated carbocycles. The molecule has 2 unspecified atom stereocenters. The van der Waals surface area contributed by atoms with Crippen LogP contribution in [0.4, 0.5) is 0 Å². The number of hydrogen-bond donors (Lipinski definition) is 0. The first-order valence-corrected chi connectivity index (χ1v) is 19.6. The molecular formula is C30H60Na2O12S2. The van der Waals surface area contributed by atoms with Gasteiger partial charge in [-0.3, -0.25) is 0 Å². The first-order chi connectivity index (χ1) is 21.1. The van der Waals surface area contributed by atoms with Crippen LogP contribution in [0, 0.1) is 0 Å². The first kappa shape index (κ1) is 51.9. The molecule has 0 aromatic rings. The van der Waals surface area contributed by atoms with Crippen LogP contribution >= 0.6 is 0 Å². The smallest absolute Gasteiger partial charge is 0.748 e. The molecule has 0 N–H and O–H groups in total. The van der Waals surface area contributed by atoms with Crippen molar-refractivity contribution in [2.45, 2.75) is 116 Å². The van der Waals surface area contributed by atoms with Crippen LogP contribution < -0.4 is 59.1 Å². The molecule has 0 fully saturated rings. The molecule has 266 valence electrons. The van der Waals surface area contributed by atoms with Gasteiger partial charge in [0.15, 0.2) is 0 Å². The van der Waals surface area contributed by atoms with E-state index in [1.165, 1.54) is 51.4 Å². The molecule has 46 heavy (non-hydrogen) atoms. The molecule has 0 radical (unpaired) electrons. The summed E-state index contributed by atoms with van der Waals surface area (Å²) in [7, 11) is -8.57. The Kier molecular flexibility index (Phi) is 41.1. The molecular weight excluding hydrogens is 662 g/mol. The molecule has 0 saturated heterocycles. The van der Waals surface area contributed by atoms with Crippen molar-refractivity contribution in [3.05, 3.63) is 0 Å². The zero-order valence-electron chi connectivity index (χ0n) is 29.3. The Hall–Kier alpha value is 1.58. The van der Waals surface area contributed by atoms with Gasteiger partial charge in [0.05, 0.1) is 59.9 Å². The van der Waals surface area contributed by atoms with Gasteiger partial charge in [-0.25, -0.2) is 16.8 Å². The normalized spacial score (nSPS) is 13.2. The van der Waals surface area contributed by atoms with Gasteiger partial charge >= 0.3 is 59.1 Å². The predicted octanol–water partition coefficient (Wildman–Crippen LogP) is -1.58. The fourth-order valence-corrected chi connectivity index (χ4v) is 5.15. The topological polar surface area (TPSA) is 170 Å². The molecule has 0 aliphatic carbocycles. The zero-order chi connectivity index (χ0) is 32.8. The quantitative estimate of drug-likeness (QED) is 0.0419. The van der Waals surface area contributed by atoms with Crippen molar-refractivity contribution in [2.24, 2.45) is 0 Å². The van der Waals surface area contributed by atoms with Crippen molar-refractivity contribution in [3.8, 4) is 0 Å². The Labute approximate surface area is 324 Å². The van der Waals surface area contributed by atoms with Gasteiger partial charge in [0, 0.05) is 37.9 Å². The third-order valence-electron chi connectivity index (χ3n) is 6.66. The van der Waals surface area contributed by atoms with E-state index in [0.717, 1.165) is 25.7 Å². The molecule has 12 nitrogen and oxygen atoms in total. The van der Waals surface area contributed by atoms with Crippen molar-refractivity contribution in [1.82, 2.24) is 0 Å². The maximum atomic E-state index is 10.9. The third kappa shape index (κ3) is 41.7. The largest absolute Gasteiger partial charge is 1.00 e. The number of ether oxygens (including phenoxy) is 6. The predicted molar refractivity (Wildman–Crippen MR) is 168 cm³/mol. The van der Waals surface area contributed by atoms with E-state index >= 15 is 0 Å². The molecule has 0 aromatic carbocycles. The van der Waals surface area contributed by atoms with E-state index in [4.69, 9.17) is 28.4 Å². The van der Waals surface area contributed by atoms with E-state index in [1.54, 1.807) is 0 Å². The van der Waals surface area contributed by atoms with Crippen LogP contribution in [0.15, 0.2) is 0 Å². The molecule has 0 spiro atoms. The molecule has 16 heteroatoms. The second-order valence-electron chi connectivity index (χ2n) is 11.1. The average Bonchev–Trinajstić information content (AvgIpc) is 2.95. The van der Waals surface area contributed by atoms with Crippen LogP contribution in [0.5, 0.6) is 0 Å². The minimum Gasteiger partial charge on any atom is -0.748 e. The van der Waals surface area contributed by atoms with Gasteiger partial charge in [0.25, 0.3) is 0 Å². The Morgan fingerprint density at radius 1 is 0.435 bits per heavy atom. The van der Waals surface area contributed by atoms with Gasteiger partial charge in [0.2, 0.25) is 0 Å². The van der Waals surface area contributed by atoms with Crippen LogP contribution in [-0.2, 0) is 48.7 Å². The van der Waals surface area contributed by atoms with E-state index in [2.05, 4.69) is 13.8 Å². The maximum Gasteiger partial charge on any atom is 1.00 e.